The average Bonchev–Trinajstić information content (AvgIpc) is 2.46. The molecule has 0 amide bonds. The predicted molar refractivity (Wildman–Crippen MR) is 77.2 cm³/mol. The lowest BCUT2D eigenvalue weighted by molar-refractivity contribution is 0.222. The predicted octanol–water partition coefficient (Wildman–Crippen LogP) is 4.11. The summed E-state index contributed by atoms with van der Waals surface area (Å²) in [5.41, 5.74) is 1.17. The first kappa shape index (κ1) is 13.0. The van der Waals surface area contributed by atoms with Crippen LogP contribution < -0.4 is 0 Å². The van der Waals surface area contributed by atoms with E-state index in [-0.39, 0.29) is 5.02 Å². The fourth-order valence-corrected chi connectivity index (χ4v) is 2.54. The minimum absolute atomic E-state index is 0.207. The Balaban J connectivity index is 2.15. The molecule has 2 aromatic carbocycles. The van der Waals surface area contributed by atoms with Crippen LogP contribution in [-0.2, 0) is 0 Å². The van der Waals surface area contributed by atoms with Crippen LogP contribution in [0, 0.1) is 5.82 Å². The Morgan fingerprint density at radius 1 is 1.10 bits per heavy atom. The first-order valence-electron chi connectivity index (χ1n) is 6.12. The zero-order chi connectivity index (χ0) is 14.1. The molecule has 3 aromatic rings. The van der Waals surface area contributed by atoms with Crippen LogP contribution in [0.5, 0.6) is 0 Å². The van der Waals surface area contributed by atoms with Crippen molar-refractivity contribution in [2.45, 2.75) is 6.10 Å². The molecule has 0 bridgehead atoms. The SMILES string of the molecule is OC(c1ccc(F)cc1Cl)c1cccc2ccncc12. The average molecular weight is 288 g/mol. The molecule has 2 nitrogen and oxygen atoms in total. The van der Waals surface area contributed by atoms with Gasteiger partial charge in [-0.2, -0.15) is 0 Å². The number of aliphatic hydroxyl groups is 1. The van der Waals surface area contributed by atoms with Crippen LogP contribution in [0.1, 0.15) is 17.2 Å². The van der Waals surface area contributed by atoms with E-state index in [1.807, 2.05) is 24.3 Å². The van der Waals surface area contributed by atoms with Crippen molar-refractivity contribution in [2.75, 3.05) is 0 Å². The van der Waals surface area contributed by atoms with Gasteiger partial charge < -0.3 is 5.11 Å². The molecule has 1 aromatic heterocycles. The van der Waals surface area contributed by atoms with Gasteiger partial charge in [-0.15, -0.1) is 0 Å². The van der Waals surface area contributed by atoms with Gasteiger partial charge in [-0.1, -0.05) is 35.9 Å². The maximum Gasteiger partial charge on any atom is 0.124 e. The Bertz CT molecular complexity index is 770. The first-order valence-corrected chi connectivity index (χ1v) is 6.50. The summed E-state index contributed by atoms with van der Waals surface area (Å²) in [4.78, 5) is 4.08. The third-order valence-corrected chi connectivity index (χ3v) is 3.60. The van der Waals surface area contributed by atoms with Crippen molar-refractivity contribution in [3.05, 3.63) is 76.8 Å². The lowest BCUT2D eigenvalue weighted by atomic mass is 9.97. The molecular formula is C16H11ClFNO. The highest BCUT2D eigenvalue weighted by Crippen LogP contribution is 2.32. The third-order valence-electron chi connectivity index (χ3n) is 3.27. The second-order valence-corrected chi connectivity index (χ2v) is 4.92. The fraction of sp³-hybridized carbons (Fsp3) is 0.0625. The van der Waals surface area contributed by atoms with Crippen LogP contribution in [0.4, 0.5) is 4.39 Å². The highest BCUT2D eigenvalue weighted by Gasteiger charge is 2.16. The van der Waals surface area contributed by atoms with E-state index in [4.69, 9.17) is 11.6 Å². The van der Waals surface area contributed by atoms with Crippen molar-refractivity contribution in [1.29, 1.82) is 0 Å². The van der Waals surface area contributed by atoms with Crippen molar-refractivity contribution in [3.63, 3.8) is 0 Å². The molecule has 1 N–H and O–H groups in total. The smallest absolute Gasteiger partial charge is 0.124 e. The minimum atomic E-state index is -0.920. The number of benzene rings is 2. The highest BCUT2D eigenvalue weighted by molar-refractivity contribution is 6.31. The number of halogens is 2. The molecule has 0 aliphatic carbocycles. The van der Waals surface area contributed by atoms with Gasteiger partial charge in [0.15, 0.2) is 0 Å². The van der Waals surface area contributed by atoms with Crippen LogP contribution in [0.15, 0.2) is 54.9 Å². The Hall–Kier alpha value is -1.97. The van der Waals surface area contributed by atoms with Crippen LogP contribution in [-0.4, -0.2) is 10.1 Å². The molecule has 0 aliphatic heterocycles. The van der Waals surface area contributed by atoms with E-state index in [9.17, 15) is 9.50 Å². The Labute approximate surface area is 120 Å². The maximum atomic E-state index is 13.1. The molecule has 4 heteroatoms. The van der Waals surface area contributed by atoms with Gasteiger partial charge in [0.25, 0.3) is 0 Å². The lowest BCUT2D eigenvalue weighted by Gasteiger charge is -2.15. The van der Waals surface area contributed by atoms with Crippen LogP contribution >= 0.6 is 11.6 Å². The van der Waals surface area contributed by atoms with E-state index in [0.29, 0.717) is 11.1 Å². The summed E-state index contributed by atoms with van der Waals surface area (Å²) in [6.45, 7) is 0. The number of hydrogen-bond donors (Lipinski definition) is 1. The van der Waals surface area contributed by atoms with E-state index >= 15 is 0 Å². The molecule has 0 spiro atoms. The van der Waals surface area contributed by atoms with Gasteiger partial charge in [-0.3, -0.25) is 4.98 Å². The third kappa shape index (κ3) is 2.26. The number of pyridine rings is 1. The highest BCUT2D eigenvalue weighted by atomic mass is 35.5. The molecule has 0 aliphatic rings. The second-order valence-electron chi connectivity index (χ2n) is 4.51. The molecule has 0 fully saturated rings. The maximum absolute atomic E-state index is 13.1. The number of hydrogen-bond acceptors (Lipinski definition) is 2. The van der Waals surface area contributed by atoms with Crippen LogP contribution in [0.25, 0.3) is 10.8 Å². The molecule has 0 radical (unpaired) electrons. The summed E-state index contributed by atoms with van der Waals surface area (Å²) in [5.74, 6) is -0.425. The lowest BCUT2D eigenvalue weighted by Crippen LogP contribution is -2.02. The van der Waals surface area contributed by atoms with Crippen molar-refractivity contribution in [2.24, 2.45) is 0 Å². The number of rotatable bonds is 2. The van der Waals surface area contributed by atoms with Gasteiger partial charge in [-0.25, -0.2) is 4.39 Å². The zero-order valence-corrected chi connectivity index (χ0v) is 11.2. The normalized spacial score (nSPS) is 12.6. The summed E-state index contributed by atoms with van der Waals surface area (Å²) >= 11 is 6.01. The van der Waals surface area contributed by atoms with E-state index in [2.05, 4.69) is 4.98 Å². The summed E-state index contributed by atoms with van der Waals surface area (Å²) < 4.78 is 13.1. The van der Waals surface area contributed by atoms with Crippen LogP contribution in [0.2, 0.25) is 5.02 Å². The Kier molecular flexibility index (Phi) is 3.38. The Morgan fingerprint density at radius 2 is 1.95 bits per heavy atom. The standard InChI is InChI=1S/C16H11ClFNO/c17-15-8-11(18)4-5-13(15)16(20)12-3-1-2-10-6-7-19-9-14(10)12/h1-9,16,20H. The van der Waals surface area contributed by atoms with Crippen molar-refractivity contribution < 1.29 is 9.50 Å². The summed E-state index contributed by atoms with van der Waals surface area (Å²) in [6, 6.07) is 11.5. The van der Waals surface area contributed by atoms with Gasteiger partial charge >= 0.3 is 0 Å². The largest absolute Gasteiger partial charge is 0.384 e. The number of aromatic nitrogens is 1. The van der Waals surface area contributed by atoms with Crippen molar-refractivity contribution in [3.8, 4) is 0 Å². The quantitative estimate of drug-likeness (QED) is 0.769. The molecular weight excluding hydrogens is 277 g/mol. The first-order chi connectivity index (χ1) is 9.66. The summed E-state index contributed by atoms with van der Waals surface area (Å²) in [6.07, 6.45) is 2.48. The topological polar surface area (TPSA) is 33.1 Å². The van der Waals surface area contributed by atoms with Gasteiger partial charge in [0.2, 0.25) is 0 Å². The van der Waals surface area contributed by atoms with Crippen LogP contribution in [0.3, 0.4) is 0 Å². The molecule has 3 rings (SSSR count). The molecule has 0 saturated carbocycles. The van der Waals surface area contributed by atoms with Crippen molar-refractivity contribution in [1.82, 2.24) is 4.98 Å². The van der Waals surface area contributed by atoms with Gasteiger partial charge in [0, 0.05) is 28.4 Å². The monoisotopic (exact) mass is 287 g/mol. The molecule has 1 atom stereocenters. The van der Waals surface area contributed by atoms with Gasteiger partial charge in [-0.05, 0) is 29.1 Å². The van der Waals surface area contributed by atoms with Gasteiger partial charge in [0.1, 0.15) is 11.9 Å². The zero-order valence-electron chi connectivity index (χ0n) is 10.4. The molecule has 0 saturated heterocycles. The fourth-order valence-electron chi connectivity index (χ4n) is 2.27. The summed E-state index contributed by atoms with van der Waals surface area (Å²) in [7, 11) is 0. The van der Waals surface area contributed by atoms with E-state index < -0.39 is 11.9 Å². The van der Waals surface area contributed by atoms with Crippen molar-refractivity contribution >= 4 is 22.4 Å². The molecule has 20 heavy (non-hydrogen) atoms. The summed E-state index contributed by atoms with van der Waals surface area (Å²) in [5, 5.41) is 12.6. The van der Waals surface area contributed by atoms with E-state index in [0.717, 1.165) is 10.8 Å². The number of nitrogens with zero attached hydrogens (tertiary/aromatic N) is 1. The van der Waals surface area contributed by atoms with E-state index in [1.54, 1.807) is 12.4 Å². The number of fused-ring (bicyclic) bond motifs is 1. The molecule has 1 heterocycles. The van der Waals surface area contributed by atoms with Gasteiger partial charge in [0.05, 0.1) is 0 Å². The van der Waals surface area contributed by atoms with E-state index in [1.165, 1.54) is 18.2 Å². The Morgan fingerprint density at radius 3 is 2.75 bits per heavy atom. The second kappa shape index (κ2) is 5.19. The number of aliphatic hydroxyl groups excluding tert-OH is 1. The molecule has 100 valence electrons. The minimum Gasteiger partial charge on any atom is -0.384 e. The molecule has 1 unspecified atom stereocenters.